The first-order chi connectivity index (χ1) is 9.81. The molecule has 0 aliphatic rings. The maximum absolute atomic E-state index is 12.9. The number of amides is 1. The summed E-state index contributed by atoms with van der Waals surface area (Å²) in [4.78, 5) is 12.0. The Labute approximate surface area is 118 Å². The monoisotopic (exact) mass is 298 g/mol. The predicted molar refractivity (Wildman–Crippen MR) is 72.2 cm³/mol. The highest BCUT2D eigenvalue weighted by molar-refractivity contribution is 6.04. The molecule has 0 fully saturated rings. The number of benzene rings is 1. The molecule has 1 amide bonds. The van der Waals surface area contributed by atoms with E-state index in [0.717, 1.165) is 6.07 Å². The van der Waals surface area contributed by atoms with Crippen LogP contribution in [0.15, 0.2) is 30.6 Å². The number of aryl methyl sites for hydroxylation is 1. The van der Waals surface area contributed by atoms with Gasteiger partial charge in [0, 0.05) is 31.5 Å². The molecule has 0 unspecified atom stereocenters. The van der Waals surface area contributed by atoms with Gasteiger partial charge < -0.3 is 10.6 Å². The van der Waals surface area contributed by atoms with E-state index in [0.29, 0.717) is 5.69 Å². The lowest BCUT2D eigenvalue weighted by Gasteiger charge is -2.13. The van der Waals surface area contributed by atoms with Gasteiger partial charge in [0.2, 0.25) is 0 Å². The largest absolute Gasteiger partial charge is 0.418 e. The number of hydrogen-bond donors (Lipinski definition) is 2. The molecular formula is C13H13F3N4O. The number of alkyl halides is 3. The lowest BCUT2D eigenvalue weighted by atomic mass is 10.1. The summed E-state index contributed by atoms with van der Waals surface area (Å²) in [5.41, 5.74) is -0.636. The first-order valence-corrected chi connectivity index (χ1v) is 6.00. The van der Waals surface area contributed by atoms with E-state index in [9.17, 15) is 18.0 Å². The molecular weight excluding hydrogens is 285 g/mol. The Morgan fingerprint density at radius 1 is 1.33 bits per heavy atom. The van der Waals surface area contributed by atoms with Crippen LogP contribution < -0.4 is 10.6 Å². The van der Waals surface area contributed by atoms with Gasteiger partial charge in [0.25, 0.3) is 5.91 Å². The van der Waals surface area contributed by atoms with Crippen LogP contribution >= 0.6 is 0 Å². The first-order valence-electron chi connectivity index (χ1n) is 6.00. The number of hydrogen-bond acceptors (Lipinski definition) is 3. The van der Waals surface area contributed by atoms with Crippen molar-refractivity contribution in [2.24, 2.45) is 7.05 Å². The average Bonchev–Trinajstić information content (AvgIpc) is 2.82. The van der Waals surface area contributed by atoms with Crippen molar-refractivity contribution < 1.29 is 18.0 Å². The second kappa shape index (κ2) is 5.47. The highest BCUT2D eigenvalue weighted by atomic mass is 19.4. The van der Waals surface area contributed by atoms with Gasteiger partial charge in [-0.1, -0.05) is 0 Å². The summed E-state index contributed by atoms with van der Waals surface area (Å²) in [6, 6.07) is 3.37. The Morgan fingerprint density at radius 2 is 2.05 bits per heavy atom. The van der Waals surface area contributed by atoms with Crippen molar-refractivity contribution in [2.45, 2.75) is 6.18 Å². The number of aromatic nitrogens is 2. The molecule has 0 atom stereocenters. The minimum atomic E-state index is -4.54. The third kappa shape index (κ3) is 3.33. The molecule has 0 aliphatic heterocycles. The third-order valence-electron chi connectivity index (χ3n) is 2.82. The molecule has 0 bridgehead atoms. The number of nitrogens with one attached hydrogen (secondary N) is 2. The number of halogens is 3. The van der Waals surface area contributed by atoms with Crippen molar-refractivity contribution in [1.82, 2.24) is 9.78 Å². The van der Waals surface area contributed by atoms with Gasteiger partial charge in [-0.25, -0.2) is 0 Å². The molecule has 2 rings (SSSR count). The molecule has 5 nitrogen and oxygen atoms in total. The van der Waals surface area contributed by atoms with E-state index in [2.05, 4.69) is 15.7 Å². The third-order valence-corrected chi connectivity index (χ3v) is 2.82. The highest BCUT2D eigenvalue weighted by Gasteiger charge is 2.34. The Hall–Kier alpha value is -2.51. The minimum absolute atomic E-state index is 0.0785. The molecule has 2 N–H and O–H groups in total. The summed E-state index contributed by atoms with van der Waals surface area (Å²) in [7, 11) is 3.05. The summed E-state index contributed by atoms with van der Waals surface area (Å²) in [6.07, 6.45) is -1.59. The van der Waals surface area contributed by atoms with E-state index in [1.165, 1.54) is 30.1 Å². The SMILES string of the molecule is CNc1ccc(C(=O)Nc2cnn(C)c2)cc1C(F)(F)F. The molecule has 8 heteroatoms. The Morgan fingerprint density at radius 3 is 2.57 bits per heavy atom. The van der Waals surface area contributed by atoms with Gasteiger partial charge in [-0.15, -0.1) is 0 Å². The quantitative estimate of drug-likeness (QED) is 0.916. The highest BCUT2D eigenvalue weighted by Crippen LogP contribution is 2.35. The van der Waals surface area contributed by atoms with Crippen LogP contribution in [0.1, 0.15) is 15.9 Å². The first kappa shape index (κ1) is 14.9. The fourth-order valence-electron chi connectivity index (χ4n) is 1.83. The van der Waals surface area contributed by atoms with Gasteiger partial charge in [-0.3, -0.25) is 9.48 Å². The number of carbonyl (C=O) groups excluding carboxylic acids is 1. The topological polar surface area (TPSA) is 59.0 Å². The Bertz CT molecular complexity index is 664. The van der Waals surface area contributed by atoms with E-state index in [-0.39, 0.29) is 11.3 Å². The molecule has 1 aromatic heterocycles. The molecule has 1 heterocycles. The number of rotatable bonds is 3. The van der Waals surface area contributed by atoms with E-state index < -0.39 is 17.6 Å². The second-order valence-corrected chi connectivity index (χ2v) is 4.36. The van der Waals surface area contributed by atoms with Crippen LogP contribution in [0.25, 0.3) is 0 Å². The van der Waals surface area contributed by atoms with Crippen LogP contribution in [0.5, 0.6) is 0 Å². The maximum Gasteiger partial charge on any atom is 0.418 e. The summed E-state index contributed by atoms with van der Waals surface area (Å²) in [5.74, 6) is -0.629. The normalized spacial score (nSPS) is 11.3. The predicted octanol–water partition coefficient (Wildman–Crippen LogP) is 2.73. The summed E-state index contributed by atoms with van der Waals surface area (Å²) in [5, 5.41) is 8.80. The van der Waals surface area contributed by atoms with Crippen molar-refractivity contribution in [3.63, 3.8) is 0 Å². The Kier molecular flexibility index (Phi) is 3.88. The van der Waals surface area contributed by atoms with Crippen molar-refractivity contribution in [1.29, 1.82) is 0 Å². The zero-order valence-corrected chi connectivity index (χ0v) is 11.3. The maximum atomic E-state index is 12.9. The molecule has 0 radical (unpaired) electrons. The van der Waals surface area contributed by atoms with Crippen LogP contribution in [-0.2, 0) is 13.2 Å². The Balaban J connectivity index is 2.29. The van der Waals surface area contributed by atoms with E-state index >= 15 is 0 Å². The van der Waals surface area contributed by atoms with Crippen molar-refractivity contribution in [2.75, 3.05) is 17.7 Å². The molecule has 0 saturated carbocycles. The standard InChI is InChI=1S/C13H13F3N4O/c1-17-11-4-3-8(5-10(11)13(14,15)16)12(21)19-9-6-18-20(2)7-9/h3-7,17H,1-2H3,(H,19,21). The summed E-state index contributed by atoms with van der Waals surface area (Å²) in [6.45, 7) is 0. The van der Waals surface area contributed by atoms with Crippen molar-refractivity contribution in [3.05, 3.63) is 41.7 Å². The van der Waals surface area contributed by atoms with Crippen LogP contribution in [0.2, 0.25) is 0 Å². The van der Waals surface area contributed by atoms with Gasteiger partial charge in [0.1, 0.15) is 0 Å². The smallest absolute Gasteiger partial charge is 0.388 e. The molecule has 1 aromatic carbocycles. The van der Waals surface area contributed by atoms with Gasteiger partial charge in [0.15, 0.2) is 0 Å². The fourth-order valence-corrected chi connectivity index (χ4v) is 1.83. The lowest BCUT2D eigenvalue weighted by Crippen LogP contribution is -2.15. The zero-order chi connectivity index (χ0) is 15.6. The van der Waals surface area contributed by atoms with E-state index in [4.69, 9.17) is 0 Å². The van der Waals surface area contributed by atoms with Crippen LogP contribution in [0.3, 0.4) is 0 Å². The van der Waals surface area contributed by atoms with E-state index in [1.807, 2.05) is 0 Å². The molecule has 0 saturated heterocycles. The number of nitrogens with zero attached hydrogens (tertiary/aromatic N) is 2. The van der Waals surface area contributed by atoms with E-state index in [1.54, 1.807) is 13.2 Å². The van der Waals surface area contributed by atoms with Crippen LogP contribution in [-0.4, -0.2) is 22.7 Å². The van der Waals surface area contributed by atoms with Gasteiger partial charge >= 0.3 is 6.18 Å². The zero-order valence-electron chi connectivity index (χ0n) is 11.3. The second-order valence-electron chi connectivity index (χ2n) is 4.36. The number of anilines is 2. The molecule has 0 aliphatic carbocycles. The van der Waals surface area contributed by atoms with Gasteiger partial charge in [-0.05, 0) is 18.2 Å². The molecule has 112 valence electrons. The van der Waals surface area contributed by atoms with Crippen LogP contribution in [0.4, 0.5) is 24.5 Å². The fraction of sp³-hybridized carbons (Fsp3) is 0.231. The van der Waals surface area contributed by atoms with Gasteiger partial charge in [0.05, 0.1) is 17.4 Å². The molecule has 0 spiro atoms. The van der Waals surface area contributed by atoms with Crippen molar-refractivity contribution in [3.8, 4) is 0 Å². The number of carbonyl (C=O) groups is 1. The van der Waals surface area contributed by atoms with Crippen LogP contribution in [0, 0.1) is 0 Å². The lowest BCUT2D eigenvalue weighted by molar-refractivity contribution is -0.136. The molecule has 2 aromatic rings. The molecule has 21 heavy (non-hydrogen) atoms. The minimum Gasteiger partial charge on any atom is -0.388 e. The average molecular weight is 298 g/mol. The summed E-state index contributed by atoms with van der Waals surface area (Å²) >= 11 is 0. The summed E-state index contributed by atoms with van der Waals surface area (Å²) < 4.78 is 40.2. The van der Waals surface area contributed by atoms with Gasteiger partial charge in [-0.2, -0.15) is 18.3 Å². The van der Waals surface area contributed by atoms with Crippen molar-refractivity contribution >= 4 is 17.3 Å².